The molecule has 0 heterocycles. The smallest absolute Gasteiger partial charge is 0.419 e. The molecule has 0 aliphatic rings. The van der Waals surface area contributed by atoms with Gasteiger partial charge in [0.15, 0.2) is 0 Å². The zero-order valence-electron chi connectivity index (χ0n) is 16.3. The quantitative estimate of drug-likeness (QED) is 0.543. The molecule has 0 spiro atoms. The maximum absolute atomic E-state index is 13.5. The first-order valence-corrected chi connectivity index (χ1v) is 8.42. The monoisotopic (exact) mass is 422 g/mol. The predicted molar refractivity (Wildman–Crippen MR) is 93.2 cm³/mol. The number of hydrogen-bond acceptors (Lipinski definition) is 5. The SMILES string of the molecule is COC(=O)C[C@H](NC(=O)CNC(=O)OC(C)(C)C)c1ccc(F)c(C(F)(F)F)c1. The van der Waals surface area contributed by atoms with Gasteiger partial charge in [-0.05, 0) is 38.5 Å². The summed E-state index contributed by atoms with van der Waals surface area (Å²) < 4.78 is 61.8. The number of nitrogens with one attached hydrogen (secondary N) is 2. The fourth-order valence-electron chi connectivity index (χ4n) is 2.19. The van der Waals surface area contributed by atoms with Crippen LogP contribution in [-0.4, -0.2) is 37.2 Å². The lowest BCUT2D eigenvalue weighted by molar-refractivity contribution is -0.141. The fourth-order valence-corrected chi connectivity index (χ4v) is 2.19. The van der Waals surface area contributed by atoms with Crippen molar-refractivity contribution < 1.29 is 41.4 Å². The molecule has 0 bridgehead atoms. The molecule has 0 aliphatic heterocycles. The summed E-state index contributed by atoms with van der Waals surface area (Å²) in [5.41, 5.74) is -2.49. The highest BCUT2D eigenvalue weighted by Crippen LogP contribution is 2.33. The minimum absolute atomic E-state index is 0.158. The van der Waals surface area contributed by atoms with Gasteiger partial charge in [0.1, 0.15) is 18.0 Å². The van der Waals surface area contributed by atoms with E-state index in [1.165, 1.54) is 0 Å². The van der Waals surface area contributed by atoms with E-state index in [0.717, 1.165) is 13.2 Å². The van der Waals surface area contributed by atoms with E-state index in [0.29, 0.717) is 12.1 Å². The van der Waals surface area contributed by atoms with Crippen molar-refractivity contribution in [1.82, 2.24) is 10.6 Å². The van der Waals surface area contributed by atoms with Gasteiger partial charge in [0.25, 0.3) is 0 Å². The highest BCUT2D eigenvalue weighted by molar-refractivity contribution is 5.83. The van der Waals surface area contributed by atoms with Crippen LogP contribution in [0, 0.1) is 5.82 Å². The van der Waals surface area contributed by atoms with Crippen LogP contribution in [-0.2, 0) is 25.2 Å². The van der Waals surface area contributed by atoms with Crippen molar-refractivity contribution in [1.29, 1.82) is 0 Å². The van der Waals surface area contributed by atoms with Gasteiger partial charge in [0.2, 0.25) is 5.91 Å². The number of amides is 2. The van der Waals surface area contributed by atoms with Gasteiger partial charge in [-0.15, -0.1) is 0 Å². The summed E-state index contributed by atoms with van der Waals surface area (Å²) in [7, 11) is 1.07. The van der Waals surface area contributed by atoms with E-state index in [9.17, 15) is 31.9 Å². The number of halogens is 4. The zero-order chi connectivity index (χ0) is 22.4. The first kappa shape index (κ1) is 24.2. The first-order chi connectivity index (χ1) is 13.2. The molecule has 11 heteroatoms. The van der Waals surface area contributed by atoms with Gasteiger partial charge in [-0.25, -0.2) is 9.18 Å². The number of carbonyl (C=O) groups excluding carboxylic acids is 3. The fraction of sp³-hybridized carbons (Fsp3) is 0.500. The van der Waals surface area contributed by atoms with Gasteiger partial charge in [0, 0.05) is 0 Å². The summed E-state index contributed by atoms with van der Waals surface area (Å²) >= 11 is 0. The van der Waals surface area contributed by atoms with Gasteiger partial charge < -0.3 is 20.1 Å². The van der Waals surface area contributed by atoms with Crippen molar-refractivity contribution >= 4 is 18.0 Å². The molecule has 2 N–H and O–H groups in total. The molecule has 0 aliphatic carbocycles. The Hall–Kier alpha value is -2.85. The molecule has 0 unspecified atom stereocenters. The topological polar surface area (TPSA) is 93.7 Å². The van der Waals surface area contributed by atoms with Crippen LogP contribution in [0.1, 0.15) is 44.4 Å². The van der Waals surface area contributed by atoms with E-state index in [-0.39, 0.29) is 5.56 Å². The summed E-state index contributed by atoms with van der Waals surface area (Å²) in [6.07, 6.45) is -6.34. The average Bonchev–Trinajstić information content (AvgIpc) is 2.57. The highest BCUT2D eigenvalue weighted by atomic mass is 19.4. The lowest BCUT2D eigenvalue weighted by atomic mass is 10.0. The number of methoxy groups -OCH3 is 1. The third kappa shape index (κ3) is 8.36. The molecule has 1 aromatic rings. The van der Waals surface area contributed by atoms with Crippen LogP contribution in [0.4, 0.5) is 22.4 Å². The third-order valence-electron chi connectivity index (χ3n) is 3.42. The molecule has 0 fully saturated rings. The van der Waals surface area contributed by atoms with Crippen molar-refractivity contribution in [2.75, 3.05) is 13.7 Å². The second-order valence-electron chi connectivity index (χ2n) is 6.99. The van der Waals surface area contributed by atoms with Crippen LogP contribution in [0.5, 0.6) is 0 Å². The molecule has 0 saturated heterocycles. The molecule has 0 aromatic heterocycles. The van der Waals surface area contributed by atoms with Gasteiger partial charge in [-0.2, -0.15) is 13.2 Å². The van der Waals surface area contributed by atoms with E-state index in [2.05, 4.69) is 15.4 Å². The van der Waals surface area contributed by atoms with Crippen LogP contribution in [0.25, 0.3) is 0 Å². The molecule has 0 saturated carbocycles. The number of hydrogen-bond donors (Lipinski definition) is 2. The summed E-state index contributed by atoms with van der Waals surface area (Å²) in [6, 6.07) is 0.870. The van der Waals surface area contributed by atoms with Crippen LogP contribution >= 0.6 is 0 Å². The Labute approximate surface area is 164 Å². The number of alkyl carbamates (subject to hydrolysis) is 1. The Morgan fingerprint density at radius 3 is 2.28 bits per heavy atom. The minimum Gasteiger partial charge on any atom is -0.469 e. The van der Waals surface area contributed by atoms with Gasteiger partial charge in [-0.3, -0.25) is 9.59 Å². The molecule has 2 amide bonds. The zero-order valence-corrected chi connectivity index (χ0v) is 16.3. The van der Waals surface area contributed by atoms with Crippen molar-refractivity contribution in [2.45, 2.75) is 45.0 Å². The Kier molecular flexibility index (Phi) is 7.98. The summed E-state index contributed by atoms with van der Waals surface area (Å²) in [5, 5.41) is 4.49. The normalized spacial score (nSPS) is 12.7. The number of alkyl halides is 3. The second-order valence-corrected chi connectivity index (χ2v) is 6.99. The van der Waals surface area contributed by atoms with E-state index >= 15 is 0 Å². The Balaban J connectivity index is 2.96. The maximum atomic E-state index is 13.5. The summed E-state index contributed by atoms with van der Waals surface area (Å²) in [4.78, 5) is 35.3. The van der Waals surface area contributed by atoms with Gasteiger partial charge in [0.05, 0.1) is 25.1 Å². The number of esters is 1. The predicted octanol–water partition coefficient (Wildman–Crippen LogP) is 3.09. The van der Waals surface area contributed by atoms with Crippen molar-refractivity contribution in [3.8, 4) is 0 Å². The molecule has 7 nitrogen and oxygen atoms in total. The van der Waals surface area contributed by atoms with Gasteiger partial charge in [-0.1, -0.05) is 6.07 Å². The van der Waals surface area contributed by atoms with Crippen molar-refractivity contribution in [2.24, 2.45) is 0 Å². The molecular weight excluding hydrogens is 400 g/mol. The van der Waals surface area contributed by atoms with Crippen molar-refractivity contribution in [3.63, 3.8) is 0 Å². The molecule has 162 valence electrons. The second kappa shape index (κ2) is 9.57. The van der Waals surface area contributed by atoms with E-state index in [4.69, 9.17) is 4.74 Å². The largest absolute Gasteiger partial charge is 0.469 e. The van der Waals surface area contributed by atoms with Crippen LogP contribution < -0.4 is 10.6 Å². The number of carbonyl (C=O) groups is 3. The molecule has 0 radical (unpaired) electrons. The summed E-state index contributed by atoms with van der Waals surface area (Å²) in [5.74, 6) is -3.10. The van der Waals surface area contributed by atoms with Gasteiger partial charge >= 0.3 is 18.2 Å². The Bertz CT molecular complexity index is 760. The average molecular weight is 422 g/mol. The number of benzene rings is 1. The number of ether oxygens (including phenoxy) is 2. The van der Waals surface area contributed by atoms with Crippen LogP contribution in [0.15, 0.2) is 18.2 Å². The lowest BCUT2D eigenvalue weighted by Crippen LogP contribution is -2.41. The molecule has 29 heavy (non-hydrogen) atoms. The van der Waals surface area contributed by atoms with Crippen LogP contribution in [0.3, 0.4) is 0 Å². The third-order valence-corrected chi connectivity index (χ3v) is 3.42. The highest BCUT2D eigenvalue weighted by Gasteiger charge is 2.35. The van der Waals surface area contributed by atoms with Crippen molar-refractivity contribution in [3.05, 3.63) is 35.1 Å². The molecular formula is C18H22F4N2O5. The molecule has 1 aromatic carbocycles. The van der Waals surface area contributed by atoms with E-state index < -0.39 is 60.1 Å². The number of rotatable bonds is 6. The molecule has 1 rings (SSSR count). The maximum Gasteiger partial charge on any atom is 0.419 e. The Morgan fingerprint density at radius 1 is 1.14 bits per heavy atom. The Morgan fingerprint density at radius 2 is 1.76 bits per heavy atom. The minimum atomic E-state index is -4.96. The van der Waals surface area contributed by atoms with Crippen LogP contribution in [0.2, 0.25) is 0 Å². The summed E-state index contributed by atoms with van der Waals surface area (Å²) in [6.45, 7) is 4.29. The lowest BCUT2D eigenvalue weighted by Gasteiger charge is -2.21. The molecule has 1 atom stereocenters. The first-order valence-electron chi connectivity index (χ1n) is 8.42. The standard InChI is InChI=1S/C18H22F4N2O5/c1-17(2,3)29-16(27)23-9-14(25)24-13(8-15(26)28-4)10-5-6-12(19)11(7-10)18(20,21)22/h5-7,13H,8-9H2,1-4H3,(H,23,27)(H,24,25)/t13-/m0/s1. The van der Waals surface area contributed by atoms with E-state index in [1.807, 2.05) is 0 Å². The van der Waals surface area contributed by atoms with E-state index in [1.54, 1.807) is 20.8 Å².